The van der Waals surface area contributed by atoms with Crippen molar-refractivity contribution in [3.63, 3.8) is 0 Å². The lowest BCUT2D eigenvalue weighted by atomic mass is 10.2. The molecule has 6 heteroatoms. The molecule has 1 unspecified atom stereocenters. The molecule has 0 aliphatic heterocycles. The number of rotatable bonds is 3. The van der Waals surface area contributed by atoms with Crippen LogP contribution in [0.15, 0.2) is 23.2 Å². The van der Waals surface area contributed by atoms with Gasteiger partial charge in [-0.1, -0.05) is 0 Å². The van der Waals surface area contributed by atoms with Crippen molar-refractivity contribution in [2.45, 2.75) is 12.5 Å². The molecule has 2 rings (SSSR count). The largest absolute Gasteiger partial charge is 0.396 e. The predicted octanol–water partition coefficient (Wildman–Crippen LogP) is 0.874. The molecule has 0 aliphatic rings. The summed E-state index contributed by atoms with van der Waals surface area (Å²) in [5.41, 5.74) is 7.54. The van der Waals surface area contributed by atoms with Crippen LogP contribution in [0.4, 0.5) is 0 Å². The quantitative estimate of drug-likeness (QED) is 0.868. The number of imidazole rings is 1. The third kappa shape index (κ3) is 2.01. The lowest BCUT2D eigenvalue weighted by Crippen LogP contribution is -2.14. The van der Waals surface area contributed by atoms with Crippen molar-refractivity contribution in [3.05, 3.63) is 28.9 Å². The summed E-state index contributed by atoms with van der Waals surface area (Å²) in [6, 6.07) is -0.209. The fourth-order valence-corrected chi connectivity index (χ4v) is 1.75. The third-order valence-electron chi connectivity index (χ3n) is 2.21. The van der Waals surface area contributed by atoms with Gasteiger partial charge >= 0.3 is 0 Å². The topological polar surface area (TPSA) is 76.4 Å². The highest BCUT2D eigenvalue weighted by Gasteiger charge is 2.11. The highest BCUT2D eigenvalue weighted by atomic mass is 79.9. The van der Waals surface area contributed by atoms with Gasteiger partial charge in [-0.15, -0.1) is 0 Å². The van der Waals surface area contributed by atoms with Gasteiger partial charge in [-0.25, -0.2) is 9.97 Å². The van der Waals surface area contributed by atoms with E-state index in [2.05, 4.69) is 25.9 Å². The van der Waals surface area contributed by atoms with Crippen molar-refractivity contribution >= 4 is 21.6 Å². The van der Waals surface area contributed by atoms with Crippen LogP contribution in [0.25, 0.3) is 5.65 Å². The molecule has 0 radical (unpaired) electrons. The Morgan fingerprint density at radius 3 is 3.00 bits per heavy atom. The van der Waals surface area contributed by atoms with E-state index in [1.165, 1.54) is 0 Å². The van der Waals surface area contributed by atoms with Crippen LogP contribution in [0.2, 0.25) is 0 Å². The van der Waals surface area contributed by atoms with Crippen molar-refractivity contribution in [3.8, 4) is 0 Å². The maximum absolute atomic E-state index is 8.83. The van der Waals surface area contributed by atoms with Crippen LogP contribution in [-0.2, 0) is 0 Å². The molecule has 0 saturated carbocycles. The van der Waals surface area contributed by atoms with Crippen molar-refractivity contribution in [1.82, 2.24) is 14.4 Å². The molecule has 0 saturated heterocycles. The highest BCUT2D eigenvalue weighted by Crippen LogP contribution is 2.17. The minimum Gasteiger partial charge on any atom is -0.396 e. The maximum Gasteiger partial charge on any atom is 0.155 e. The van der Waals surface area contributed by atoms with E-state index in [9.17, 15) is 0 Å². The molecular weight excluding hydrogens is 260 g/mol. The Balaban J connectivity index is 2.47. The number of halogens is 1. The molecule has 0 fully saturated rings. The van der Waals surface area contributed by atoms with E-state index in [-0.39, 0.29) is 12.6 Å². The Labute approximate surface area is 95.1 Å². The van der Waals surface area contributed by atoms with Crippen LogP contribution in [0, 0.1) is 0 Å². The first-order valence-electron chi connectivity index (χ1n) is 4.57. The monoisotopic (exact) mass is 270 g/mol. The number of fused-ring (bicyclic) bond motifs is 1. The van der Waals surface area contributed by atoms with E-state index < -0.39 is 0 Å². The Hall–Kier alpha value is -0.980. The average Bonchev–Trinajstić information content (AvgIpc) is 2.60. The summed E-state index contributed by atoms with van der Waals surface area (Å²) in [4.78, 5) is 8.25. The third-order valence-corrected chi connectivity index (χ3v) is 2.62. The summed E-state index contributed by atoms with van der Waals surface area (Å²) in [7, 11) is 0. The zero-order valence-corrected chi connectivity index (χ0v) is 9.55. The van der Waals surface area contributed by atoms with E-state index in [0.29, 0.717) is 6.42 Å². The smallest absolute Gasteiger partial charge is 0.155 e. The summed E-state index contributed by atoms with van der Waals surface area (Å²) >= 11 is 3.29. The number of aliphatic hydroxyl groups is 1. The molecule has 0 aromatic carbocycles. The molecule has 2 aromatic heterocycles. The summed E-state index contributed by atoms with van der Waals surface area (Å²) in [6.45, 7) is 0.0701. The van der Waals surface area contributed by atoms with Crippen LogP contribution in [-0.4, -0.2) is 26.1 Å². The number of hydrogen-bond acceptors (Lipinski definition) is 4. The zero-order valence-electron chi connectivity index (χ0n) is 7.97. The van der Waals surface area contributed by atoms with Crippen LogP contribution >= 0.6 is 15.9 Å². The van der Waals surface area contributed by atoms with E-state index in [0.717, 1.165) is 15.9 Å². The predicted molar refractivity (Wildman–Crippen MR) is 59.3 cm³/mol. The summed E-state index contributed by atoms with van der Waals surface area (Å²) < 4.78 is 2.60. The number of aromatic nitrogens is 3. The van der Waals surface area contributed by atoms with Gasteiger partial charge < -0.3 is 10.8 Å². The van der Waals surface area contributed by atoms with E-state index in [1.54, 1.807) is 12.4 Å². The van der Waals surface area contributed by atoms with Crippen LogP contribution in [0.3, 0.4) is 0 Å². The fourth-order valence-electron chi connectivity index (χ4n) is 1.45. The Bertz CT molecular complexity index is 470. The van der Waals surface area contributed by atoms with Crippen LogP contribution in [0.1, 0.15) is 18.2 Å². The minimum atomic E-state index is -0.209. The first kappa shape index (κ1) is 10.5. The second-order valence-corrected chi connectivity index (χ2v) is 4.05. The first-order chi connectivity index (χ1) is 7.22. The van der Waals surface area contributed by atoms with Gasteiger partial charge in [-0.05, 0) is 22.4 Å². The fraction of sp³-hybridized carbons (Fsp3) is 0.333. The second kappa shape index (κ2) is 4.26. The van der Waals surface area contributed by atoms with Gasteiger partial charge in [0.05, 0.1) is 18.1 Å². The molecule has 3 N–H and O–H groups in total. The normalized spacial score (nSPS) is 13.3. The Morgan fingerprint density at radius 1 is 1.47 bits per heavy atom. The van der Waals surface area contributed by atoms with E-state index in [4.69, 9.17) is 10.8 Å². The lowest BCUT2D eigenvalue weighted by Gasteiger charge is -2.09. The summed E-state index contributed by atoms with van der Waals surface area (Å²) in [5, 5.41) is 8.83. The minimum absolute atomic E-state index is 0.0701. The first-order valence-corrected chi connectivity index (χ1v) is 5.36. The highest BCUT2D eigenvalue weighted by molar-refractivity contribution is 9.10. The second-order valence-electron chi connectivity index (χ2n) is 3.24. The number of nitrogens with zero attached hydrogens (tertiary/aromatic N) is 3. The molecule has 2 aromatic rings. The van der Waals surface area contributed by atoms with Gasteiger partial charge in [0.1, 0.15) is 4.60 Å². The number of hydrogen-bond donors (Lipinski definition) is 2. The molecule has 80 valence electrons. The number of aliphatic hydroxyl groups excluding tert-OH is 1. The van der Waals surface area contributed by atoms with Crippen molar-refractivity contribution < 1.29 is 5.11 Å². The molecule has 0 aliphatic carbocycles. The van der Waals surface area contributed by atoms with Crippen LogP contribution < -0.4 is 5.73 Å². The molecule has 1 atom stereocenters. The average molecular weight is 271 g/mol. The van der Waals surface area contributed by atoms with E-state index >= 15 is 0 Å². The molecule has 2 heterocycles. The van der Waals surface area contributed by atoms with Gasteiger partial charge in [-0.3, -0.25) is 4.40 Å². The molecular formula is C9H11BrN4O. The summed E-state index contributed by atoms with van der Waals surface area (Å²) in [6.07, 6.45) is 5.71. The molecule has 0 bridgehead atoms. The Kier molecular flexibility index (Phi) is 2.99. The molecule has 0 spiro atoms. The van der Waals surface area contributed by atoms with Gasteiger partial charge in [0.15, 0.2) is 5.65 Å². The van der Waals surface area contributed by atoms with Crippen molar-refractivity contribution in [1.29, 1.82) is 0 Å². The van der Waals surface area contributed by atoms with Gasteiger partial charge in [-0.2, -0.15) is 0 Å². The van der Waals surface area contributed by atoms with Gasteiger partial charge in [0.2, 0.25) is 0 Å². The molecule has 0 amide bonds. The van der Waals surface area contributed by atoms with Gasteiger partial charge in [0, 0.05) is 18.8 Å². The zero-order chi connectivity index (χ0) is 10.8. The SMILES string of the molecule is NC(CCO)c1cnc2cnc(Br)cn12. The Morgan fingerprint density at radius 2 is 2.27 bits per heavy atom. The number of nitrogens with two attached hydrogens (primary N) is 1. The van der Waals surface area contributed by atoms with Crippen molar-refractivity contribution in [2.24, 2.45) is 5.73 Å². The van der Waals surface area contributed by atoms with Crippen LogP contribution in [0.5, 0.6) is 0 Å². The van der Waals surface area contributed by atoms with E-state index in [1.807, 2.05) is 10.6 Å². The molecule has 5 nitrogen and oxygen atoms in total. The van der Waals surface area contributed by atoms with Gasteiger partial charge in [0.25, 0.3) is 0 Å². The molecule has 15 heavy (non-hydrogen) atoms. The summed E-state index contributed by atoms with van der Waals surface area (Å²) in [5.74, 6) is 0. The maximum atomic E-state index is 8.83. The standard InChI is InChI=1S/C9H11BrN4O/c10-8-5-14-7(6(11)1-2-15)3-13-9(14)4-12-8/h3-6,15H,1-2,11H2. The van der Waals surface area contributed by atoms with Crippen molar-refractivity contribution in [2.75, 3.05) is 6.61 Å². The lowest BCUT2D eigenvalue weighted by molar-refractivity contribution is 0.275.